The van der Waals surface area contributed by atoms with Crippen LogP contribution in [0, 0.1) is 0 Å². The van der Waals surface area contributed by atoms with Crippen molar-refractivity contribution >= 4 is 33.7 Å². The highest BCUT2D eigenvalue weighted by atomic mass is 79.9. The molecule has 0 bridgehead atoms. The third kappa shape index (κ3) is 3.10. The number of rotatable bonds is 4. The van der Waals surface area contributed by atoms with Crippen LogP contribution in [0.2, 0.25) is 0 Å². The predicted molar refractivity (Wildman–Crippen MR) is 92.3 cm³/mol. The van der Waals surface area contributed by atoms with Crippen molar-refractivity contribution in [3.8, 4) is 0 Å². The first kappa shape index (κ1) is 16.4. The van der Waals surface area contributed by atoms with E-state index >= 15 is 0 Å². The van der Waals surface area contributed by atoms with Crippen LogP contribution in [0.5, 0.6) is 0 Å². The minimum absolute atomic E-state index is 0.1000. The summed E-state index contributed by atoms with van der Waals surface area (Å²) in [7, 11) is 0. The molecular formula is C18H15BrN2O3. The smallest absolute Gasteiger partial charge is 0.261 e. The zero-order chi connectivity index (χ0) is 17.3. The number of carbonyl (C=O) groups excluding carboxylic acids is 3. The van der Waals surface area contributed by atoms with Crippen LogP contribution in [-0.4, -0.2) is 22.6 Å². The van der Waals surface area contributed by atoms with Gasteiger partial charge in [0.15, 0.2) is 0 Å². The molecule has 0 spiro atoms. The Labute approximate surface area is 147 Å². The molecule has 2 aromatic carbocycles. The maximum atomic E-state index is 12.4. The third-order valence-electron chi connectivity index (χ3n) is 3.86. The van der Waals surface area contributed by atoms with Gasteiger partial charge in [-0.1, -0.05) is 40.2 Å². The van der Waals surface area contributed by atoms with Gasteiger partial charge in [-0.25, -0.2) is 0 Å². The molecule has 0 aromatic heterocycles. The highest BCUT2D eigenvalue weighted by Crippen LogP contribution is 2.26. The molecular weight excluding hydrogens is 372 g/mol. The first-order valence-electron chi connectivity index (χ1n) is 7.44. The Morgan fingerprint density at radius 1 is 1.08 bits per heavy atom. The predicted octanol–water partition coefficient (Wildman–Crippen LogP) is 2.88. The summed E-state index contributed by atoms with van der Waals surface area (Å²) in [6.45, 7) is 2.10. The maximum absolute atomic E-state index is 12.4. The van der Waals surface area contributed by atoms with Crippen LogP contribution in [0.3, 0.4) is 0 Å². The normalized spacial score (nSPS) is 13.2. The lowest BCUT2D eigenvalue weighted by Crippen LogP contribution is -2.29. The van der Waals surface area contributed by atoms with Crippen LogP contribution < -0.4 is 5.32 Å². The van der Waals surface area contributed by atoms with E-state index in [4.69, 9.17) is 0 Å². The average Bonchev–Trinajstić information content (AvgIpc) is 2.79. The van der Waals surface area contributed by atoms with Gasteiger partial charge in [0.25, 0.3) is 11.8 Å². The average molecular weight is 387 g/mol. The molecule has 1 heterocycles. The Morgan fingerprint density at radius 2 is 1.71 bits per heavy atom. The van der Waals surface area contributed by atoms with Crippen molar-refractivity contribution in [1.29, 1.82) is 0 Å². The van der Waals surface area contributed by atoms with Crippen LogP contribution in [0.15, 0.2) is 46.9 Å². The molecule has 1 N–H and O–H groups in total. The van der Waals surface area contributed by atoms with E-state index in [1.54, 1.807) is 24.3 Å². The summed E-state index contributed by atoms with van der Waals surface area (Å²) < 4.78 is 0.824. The van der Waals surface area contributed by atoms with Crippen LogP contribution in [0.1, 0.15) is 38.8 Å². The summed E-state index contributed by atoms with van der Waals surface area (Å²) >= 11 is 3.47. The van der Waals surface area contributed by atoms with E-state index in [0.29, 0.717) is 17.7 Å². The minimum atomic E-state index is -0.269. The van der Waals surface area contributed by atoms with Gasteiger partial charge in [0, 0.05) is 17.9 Å². The molecule has 1 aliphatic heterocycles. The number of hydrogen-bond acceptors (Lipinski definition) is 3. The first-order valence-corrected chi connectivity index (χ1v) is 8.23. The van der Waals surface area contributed by atoms with E-state index in [2.05, 4.69) is 21.2 Å². The Morgan fingerprint density at radius 3 is 2.25 bits per heavy atom. The Kier molecular flexibility index (Phi) is 4.49. The lowest BCUT2D eigenvalue weighted by Gasteiger charge is -2.15. The SMILES string of the molecule is CC(=O)NCc1ccc(CN2C(=O)c3ccccc3C2=O)cc1Br. The Bertz CT molecular complexity index is 813. The molecule has 0 unspecified atom stereocenters. The first-order chi connectivity index (χ1) is 11.5. The molecule has 0 saturated heterocycles. The maximum Gasteiger partial charge on any atom is 0.261 e. The summed E-state index contributed by atoms with van der Waals surface area (Å²) in [5, 5.41) is 2.73. The number of fused-ring (bicyclic) bond motifs is 1. The molecule has 0 radical (unpaired) electrons. The number of halogens is 1. The van der Waals surface area contributed by atoms with Crippen molar-refractivity contribution < 1.29 is 14.4 Å². The van der Waals surface area contributed by atoms with Gasteiger partial charge in [-0.3, -0.25) is 19.3 Å². The fraction of sp³-hybridized carbons (Fsp3) is 0.167. The van der Waals surface area contributed by atoms with Crippen LogP contribution in [0.25, 0.3) is 0 Å². The molecule has 24 heavy (non-hydrogen) atoms. The van der Waals surface area contributed by atoms with Crippen molar-refractivity contribution in [2.75, 3.05) is 0 Å². The van der Waals surface area contributed by atoms with Crippen molar-refractivity contribution in [2.45, 2.75) is 20.0 Å². The number of nitrogens with one attached hydrogen (secondary N) is 1. The zero-order valence-electron chi connectivity index (χ0n) is 13.0. The molecule has 122 valence electrons. The molecule has 0 aliphatic carbocycles. The number of amides is 3. The summed E-state index contributed by atoms with van der Waals surface area (Å²) in [6, 6.07) is 12.4. The molecule has 1 aliphatic rings. The lowest BCUT2D eigenvalue weighted by atomic mass is 10.1. The molecule has 5 nitrogen and oxygen atoms in total. The van der Waals surface area contributed by atoms with Crippen molar-refractivity contribution in [3.05, 3.63) is 69.2 Å². The largest absolute Gasteiger partial charge is 0.352 e. The zero-order valence-corrected chi connectivity index (χ0v) is 14.6. The Balaban J connectivity index is 1.78. The van der Waals surface area contributed by atoms with Gasteiger partial charge in [-0.05, 0) is 29.3 Å². The molecule has 0 fully saturated rings. The molecule has 3 amide bonds. The summed E-state index contributed by atoms with van der Waals surface area (Å²) in [6.07, 6.45) is 0. The van der Waals surface area contributed by atoms with E-state index in [0.717, 1.165) is 15.6 Å². The number of hydrogen-bond donors (Lipinski definition) is 1. The fourth-order valence-electron chi connectivity index (χ4n) is 2.62. The number of carbonyl (C=O) groups is 3. The van der Waals surface area contributed by atoms with Crippen molar-refractivity contribution in [2.24, 2.45) is 0 Å². The van der Waals surface area contributed by atoms with E-state index < -0.39 is 0 Å². The van der Waals surface area contributed by atoms with Gasteiger partial charge in [-0.15, -0.1) is 0 Å². The second-order valence-electron chi connectivity index (χ2n) is 5.58. The third-order valence-corrected chi connectivity index (χ3v) is 4.60. The molecule has 0 atom stereocenters. The minimum Gasteiger partial charge on any atom is -0.352 e. The topological polar surface area (TPSA) is 66.5 Å². The summed E-state index contributed by atoms with van der Waals surface area (Å²) in [4.78, 5) is 37.0. The highest BCUT2D eigenvalue weighted by Gasteiger charge is 2.34. The monoisotopic (exact) mass is 386 g/mol. The summed E-state index contributed by atoms with van der Waals surface area (Å²) in [5.74, 6) is -0.639. The Hall–Kier alpha value is -2.47. The molecule has 3 rings (SSSR count). The number of nitrogens with zero attached hydrogens (tertiary/aromatic N) is 1. The molecule has 2 aromatic rings. The second kappa shape index (κ2) is 6.57. The lowest BCUT2D eigenvalue weighted by molar-refractivity contribution is -0.119. The summed E-state index contributed by atoms with van der Waals surface area (Å²) in [5.41, 5.74) is 2.66. The molecule has 0 saturated carbocycles. The van der Waals surface area contributed by atoms with Crippen LogP contribution >= 0.6 is 15.9 Å². The van der Waals surface area contributed by atoms with Gasteiger partial charge in [-0.2, -0.15) is 0 Å². The van der Waals surface area contributed by atoms with Gasteiger partial charge in [0.05, 0.1) is 17.7 Å². The fourth-order valence-corrected chi connectivity index (χ4v) is 3.18. The highest BCUT2D eigenvalue weighted by molar-refractivity contribution is 9.10. The number of benzene rings is 2. The van der Waals surface area contributed by atoms with Crippen LogP contribution in [-0.2, 0) is 17.9 Å². The van der Waals surface area contributed by atoms with Crippen LogP contribution in [0.4, 0.5) is 0 Å². The van der Waals surface area contributed by atoms with Gasteiger partial charge in [0.2, 0.25) is 5.91 Å². The quantitative estimate of drug-likeness (QED) is 0.821. The molecule has 6 heteroatoms. The van der Waals surface area contributed by atoms with Gasteiger partial charge >= 0.3 is 0 Å². The van der Waals surface area contributed by atoms with Crippen molar-refractivity contribution in [3.63, 3.8) is 0 Å². The van der Waals surface area contributed by atoms with E-state index in [1.165, 1.54) is 11.8 Å². The van der Waals surface area contributed by atoms with E-state index in [1.807, 2.05) is 18.2 Å². The second-order valence-corrected chi connectivity index (χ2v) is 6.43. The number of imide groups is 1. The van der Waals surface area contributed by atoms with E-state index in [-0.39, 0.29) is 24.3 Å². The van der Waals surface area contributed by atoms with Crippen molar-refractivity contribution in [1.82, 2.24) is 10.2 Å². The van der Waals surface area contributed by atoms with Gasteiger partial charge in [0.1, 0.15) is 0 Å². The van der Waals surface area contributed by atoms with Gasteiger partial charge < -0.3 is 5.32 Å². The van der Waals surface area contributed by atoms with E-state index in [9.17, 15) is 14.4 Å². The standard InChI is InChI=1S/C18H15BrN2O3/c1-11(22)20-9-13-7-6-12(8-16(13)19)10-21-17(23)14-4-2-3-5-15(14)18(21)24/h2-8H,9-10H2,1H3,(H,20,22).